The lowest BCUT2D eigenvalue weighted by atomic mass is 10.0. The van der Waals surface area contributed by atoms with Crippen LogP contribution in [0.2, 0.25) is 5.02 Å². The van der Waals surface area contributed by atoms with Gasteiger partial charge in [-0.1, -0.05) is 75.7 Å². The van der Waals surface area contributed by atoms with Gasteiger partial charge in [0.05, 0.1) is 6.04 Å². The molecule has 0 bridgehead atoms. The van der Waals surface area contributed by atoms with Gasteiger partial charge in [-0.3, -0.25) is 0 Å². The molecular weight excluding hydrogens is 404 g/mol. The van der Waals surface area contributed by atoms with Gasteiger partial charge < -0.3 is 5.32 Å². The first-order valence-electron chi connectivity index (χ1n) is 7.48. The largest absolute Gasteiger partial charge is 0.335 e. The average molecular weight is 420 g/mol. The lowest BCUT2D eigenvalue weighted by Crippen LogP contribution is -2.24. The molecule has 1 atom stereocenters. The first kappa shape index (κ1) is 17.3. The molecule has 0 aliphatic carbocycles. The van der Waals surface area contributed by atoms with Crippen molar-refractivity contribution in [2.75, 3.05) is 5.75 Å². The molecule has 0 fully saturated rings. The van der Waals surface area contributed by atoms with E-state index in [-0.39, 0.29) is 6.04 Å². The van der Waals surface area contributed by atoms with Crippen molar-refractivity contribution in [1.82, 2.24) is 5.32 Å². The molecule has 1 N–H and O–H groups in total. The van der Waals surface area contributed by atoms with E-state index >= 15 is 0 Å². The molecule has 5 heteroatoms. The average Bonchev–Trinajstić information content (AvgIpc) is 2.60. The van der Waals surface area contributed by atoms with Crippen molar-refractivity contribution in [3.05, 3.63) is 87.9 Å². The Morgan fingerprint density at radius 3 is 2.67 bits per heavy atom. The molecule has 24 heavy (non-hydrogen) atoms. The number of hydrogen-bond donors (Lipinski definition) is 1. The molecule has 122 valence electrons. The number of thioether (sulfide) groups is 1. The second-order valence-corrected chi connectivity index (χ2v) is 7.54. The van der Waals surface area contributed by atoms with Crippen molar-refractivity contribution in [3.8, 4) is 0 Å². The van der Waals surface area contributed by atoms with Crippen LogP contribution in [0.3, 0.4) is 0 Å². The monoisotopic (exact) mass is 418 g/mol. The number of hydrogen-bond acceptors (Lipinski definition) is 3. The maximum absolute atomic E-state index is 6.38. The third-order valence-corrected chi connectivity index (χ3v) is 5.30. The maximum atomic E-state index is 6.38. The normalized spacial score (nSPS) is 16.8. The van der Waals surface area contributed by atoms with E-state index in [1.165, 1.54) is 0 Å². The molecular formula is C19H16BrClN2S. The van der Waals surface area contributed by atoms with Crippen LogP contribution in [0, 0.1) is 0 Å². The molecule has 0 unspecified atom stereocenters. The highest BCUT2D eigenvalue weighted by molar-refractivity contribution is 9.10. The summed E-state index contributed by atoms with van der Waals surface area (Å²) in [5, 5.41) is 5.02. The van der Waals surface area contributed by atoms with Gasteiger partial charge in [-0.25, -0.2) is 4.99 Å². The minimum Gasteiger partial charge on any atom is -0.335 e. The van der Waals surface area contributed by atoms with Crippen molar-refractivity contribution in [2.24, 2.45) is 4.99 Å². The summed E-state index contributed by atoms with van der Waals surface area (Å²) in [7, 11) is 0. The standard InChI is InChI=1S/C19H16BrClN2S/c1-2-11-24-19-22-17(13-7-9-14(20)10-8-13)12-18(23-19)15-5-3-4-6-16(15)21/h2-10,12,18H,1,11H2,(H,22,23)/t18-/m0/s1. The molecule has 0 aromatic heterocycles. The zero-order chi connectivity index (χ0) is 16.9. The second-order valence-electron chi connectivity index (χ2n) is 5.21. The highest BCUT2D eigenvalue weighted by Crippen LogP contribution is 2.32. The summed E-state index contributed by atoms with van der Waals surface area (Å²) < 4.78 is 1.06. The van der Waals surface area contributed by atoms with Crippen molar-refractivity contribution >= 4 is 50.2 Å². The topological polar surface area (TPSA) is 24.4 Å². The van der Waals surface area contributed by atoms with Gasteiger partial charge in [0.25, 0.3) is 0 Å². The van der Waals surface area contributed by atoms with Crippen LogP contribution in [0.4, 0.5) is 0 Å². The summed E-state index contributed by atoms with van der Waals surface area (Å²) in [6, 6.07) is 16.0. The summed E-state index contributed by atoms with van der Waals surface area (Å²) in [5.41, 5.74) is 3.16. The number of halogens is 2. The van der Waals surface area contributed by atoms with Crippen LogP contribution in [-0.2, 0) is 0 Å². The fraction of sp³-hybridized carbons (Fsp3) is 0.105. The molecule has 2 nitrogen and oxygen atoms in total. The Labute approximate surface area is 159 Å². The van der Waals surface area contributed by atoms with Gasteiger partial charge in [-0.15, -0.1) is 6.58 Å². The minimum absolute atomic E-state index is 0.106. The number of rotatable bonds is 4. The van der Waals surface area contributed by atoms with E-state index in [0.717, 1.165) is 37.2 Å². The Hall–Kier alpha value is -1.49. The van der Waals surface area contributed by atoms with Crippen molar-refractivity contribution in [2.45, 2.75) is 6.04 Å². The summed E-state index contributed by atoms with van der Waals surface area (Å²) in [4.78, 5) is 4.79. The zero-order valence-corrected chi connectivity index (χ0v) is 16.0. The van der Waals surface area contributed by atoms with Gasteiger partial charge in [0.2, 0.25) is 0 Å². The van der Waals surface area contributed by atoms with Gasteiger partial charge in [-0.2, -0.15) is 0 Å². The number of nitrogens with zero attached hydrogens (tertiary/aromatic N) is 1. The second kappa shape index (κ2) is 8.06. The quantitative estimate of drug-likeness (QED) is 0.609. The number of nitrogens with one attached hydrogen (secondary N) is 1. The Balaban J connectivity index is 1.98. The van der Waals surface area contributed by atoms with E-state index in [1.807, 2.05) is 42.5 Å². The molecule has 0 amide bonds. The first-order chi connectivity index (χ1) is 11.7. The van der Waals surface area contributed by atoms with Gasteiger partial charge >= 0.3 is 0 Å². The number of amidine groups is 1. The van der Waals surface area contributed by atoms with Crippen molar-refractivity contribution < 1.29 is 0 Å². The van der Waals surface area contributed by atoms with E-state index in [9.17, 15) is 0 Å². The van der Waals surface area contributed by atoms with Crippen LogP contribution < -0.4 is 5.32 Å². The molecule has 0 radical (unpaired) electrons. The maximum Gasteiger partial charge on any atom is 0.162 e. The number of aliphatic imine (C=N–C) groups is 1. The zero-order valence-electron chi connectivity index (χ0n) is 12.9. The van der Waals surface area contributed by atoms with Crippen LogP contribution in [0.25, 0.3) is 5.70 Å². The minimum atomic E-state index is -0.106. The van der Waals surface area contributed by atoms with E-state index in [2.05, 4.69) is 46.0 Å². The molecule has 0 spiro atoms. The Kier molecular flexibility index (Phi) is 5.82. The van der Waals surface area contributed by atoms with E-state index in [1.54, 1.807) is 11.8 Å². The van der Waals surface area contributed by atoms with Crippen molar-refractivity contribution in [3.63, 3.8) is 0 Å². The fourth-order valence-corrected chi connectivity index (χ4v) is 3.55. The Bertz CT molecular complexity index is 799. The van der Waals surface area contributed by atoms with Gasteiger partial charge in [0, 0.05) is 20.9 Å². The van der Waals surface area contributed by atoms with E-state index in [0.29, 0.717) is 0 Å². The lowest BCUT2D eigenvalue weighted by molar-refractivity contribution is 0.888. The summed E-state index contributed by atoms with van der Waals surface area (Å²) >= 11 is 11.5. The molecule has 2 aromatic carbocycles. The first-order valence-corrected chi connectivity index (χ1v) is 9.64. The van der Waals surface area contributed by atoms with Crippen molar-refractivity contribution in [1.29, 1.82) is 0 Å². The highest BCUT2D eigenvalue weighted by Gasteiger charge is 2.19. The van der Waals surface area contributed by atoms with Crippen LogP contribution >= 0.6 is 39.3 Å². The predicted molar refractivity (Wildman–Crippen MR) is 110 cm³/mol. The molecule has 0 saturated heterocycles. The Morgan fingerprint density at radius 2 is 1.96 bits per heavy atom. The molecule has 1 heterocycles. The van der Waals surface area contributed by atoms with Crippen LogP contribution in [0.1, 0.15) is 17.2 Å². The van der Waals surface area contributed by atoms with Gasteiger partial charge in [0.15, 0.2) is 5.17 Å². The summed E-state index contributed by atoms with van der Waals surface area (Å²) in [5.74, 6) is 0.800. The van der Waals surface area contributed by atoms with Gasteiger partial charge in [0.1, 0.15) is 0 Å². The summed E-state index contributed by atoms with van der Waals surface area (Å²) in [6.45, 7) is 3.78. The lowest BCUT2D eigenvalue weighted by Gasteiger charge is -2.23. The smallest absolute Gasteiger partial charge is 0.162 e. The summed E-state index contributed by atoms with van der Waals surface area (Å²) in [6.07, 6.45) is 3.99. The van der Waals surface area contributed by atoms with Crippen LogP contribution in [0.5, 0.6) is 0 Å². The van der Waals surface area contributed by atoms with E-state index < -0.39 is 0 Å². The molecule has 1 aliphatic rings. The van der Waals surface area contributed by atoms with Gasteiger partial charge in [-0.05, 0) is 35.4 Å². The molecule has 2 aromatic rings. The van der Waals surface area contributed by atoms with Crippen LogP contribution in [-0.4, -0.2) is 10.9 Å². The number of benzene rings is 2. The predicted octanol–water partition coefficient (Wildman–Crippen LogP) is 6.06. The fourth-order valence-electron chi connectivity index (χ4n) is 2.39. The van der Waals surface area contributed by atoms with Crippen LogP contribution in [0.15, 0.2) is 76.7 Å². The highest BCUT2D eigenvalue weighted by atomic mass is 79.9. The third-order valence-electron chi connectivity index (χ3n) is 3.54. The Morgan fingerprint density at radius 1 is 1.21 bits per heavy atom. The molecule has 3 rings (SSSR count). The molecule has 1 aliphatic heterocycles. The van der Waals surface area contributed by atoms with E-state index in [4.69, 9.17) is 16.6 Å². The SMILES string of the molecule is C=CCSC1=N[C@H](c2ccccc2Cl)C=C(c2ccc(Br)cc2)N1. The molecule has 0 saturated carbocycles. The third kappa shape index (κ3) is 4.12.